The molecule has 2 fully saturated rings. The SMILES string of the molecule is COc1c(N2CCC(C(CNC(C)=O)N(C)CCC#N)C2)c(F)cc2c(=O)n(N)c(=O)n(C3CC3)c12. The molecule has 2 aromatic rings. The molecule has 11 nitrogen and oxygen atoms in total. The first-order valence-electron chi connectivity index (χ1n) is 12.1. The average molecular weight is 502 g/mol. The lowest BCUT2D eigenvalue weighted by Gasteiger charge is -2.33. The maximum Gasteiger partial charge on any atom is 0.350 e. The minimum absolute atomic E-state index is 0.00221. The first-order chi connectivity index (χ1) is 17.2. The first kappa shape index (κ1) is 25.5. The average Bonchev–Trinajstić information content (AvgIpc) is 3.57. The number of halogens is 1. The molecule has 36 heavy (non-hydrogen) atoms. The van der Waals surface area contributed by atoms with E-state index in [1.807, 2.05) is 11.9 Å². The Balaban J connectivity index is 1.75. The number of nitrogens with one attached hydrogen (secondary N) is 1. The second-order valence-corrected chi connectivity index (χ2v) is 9.58. The molecule has 0 bridgehead atoms. The quantitative estimate of drug-likeness (QED) is 0.475. The maximum atomic E-state index is 15.6. The summed E-state index contributed by atoms with van der Waals surface area (Å²) >= 11 is 0. The highest BCUT2D eigenvalue weighted by molar-refractivity contribution is 5.91. The normalized spacial score (nSPS) is 18.4. The van der Waals surface area contributed by atoms with Gasteiger partial charge >= 0.3 is 5.69 Å². The van der Waals surface area contributed by atoms with Gasteiger partial charge in [-0.1, -0.05) is 0 Å². The summed E-state index contributed by atoms with van der Waals surface area (Å²) in [5, 5.41) is 11.9. The number of amides is 1. The Hall–Kier alpha value is -3.59. The van der Waals surface area contributed by atoms with Crippen molar-refractivity contribution in [3.8, 4) is 11.8 Å². The summed E-state index contributed by atoms with van der Waals surface area (Å²) in [6, 6.07) is 3.10. The molecular weight excluding hydrogens is 469 g/mol. The van der Waals surface area contributed by atoms with Gasteiger partial charge in [-0.05, 0) is 38.3 Å². The van der Waals surface area contributed by atoms with E-state index in [0.717, 1.165) is 25.3 Å². The zero-order chi connectivity index (χ0) is 26.1. The zero-order valence-electron chi connectivity index (χ0n) is 20.8. The first-order valence-corrected chi connectivity index (χ1v) is 12.1. The van der Waals surface area contributed by atoms with Crippen molar-refractivity contribution in [2.75, 3.05) is 51.1 Å². The van der Waals surface area contributed by atoms with Gasteiger partial charge in [-0.3, -0.25) is 14.2 Å². The van der Waals surface area contributed by atoms with Crippen LogP contribution in [0.15, 0.2) is 15.7 Å². The van der Waals surface area contributed by atoms with Crippen molar-refractivity contribution in [2.24, 2.45) is 5.92 Å². The summed E-state index contributed by atoms with van der Waals surface area (Å²) in [4.78, 5) is 41.1. The lowest BCUT2D eigenvalue weighted by molar-refractivity contribution is -0.119. The molecule has 1 saturated heterocycles. The Morgan fingerprint density at radius 2 is 2.11 bits per heavy atom. The van der Waals surface area contributed by atoms with Crippen molar-refractivity contribution in [1.82, 2.24) is 19.5 Å². The van der Waals surface area contributed by atoms with Crippen molar-refractivity contribution in [3.05, 3.63) is 32.7 Å². The molecule has 1 amide bonds. The van der Waals surface area contributed by atoms with Gasteiger partial charge in [-0.2, -0.15) is 9.94 Å². The third-order valence-corrected chi connectivity index (χ3v) is 7.19. The molecule has 2 aliphatic rings. The molecule has 0 spiro atoms. The number of fused-ring (bicyclic) bond motifs is 1. The van der Waals surface area contributed by atoms with Gasteiger partial charge in [-0.15, -0.1) is 0 Å². The molecule has 2 unspecified atom stereocenters. The van der Waals surface area contributed by atoms with Gasteiger partial charge in [0, 0.05) is 51.6 Å². The standard InChI is InChI=1S/C24H32FN7O4/c1-14(33)28-12-19(29(2)9-4-8-26)15-7-10-30(13-15)21-18(25)11-17-20(22(21)36-3)31(16-5-6-16)24(35)32(27)23(17)34/h11,15-16,19H,4-7,9-10,12-13,27H2,1-3H3,(H,28,33). The van der Waals surface area contributed by atoms with Crippen LogP contribution in [0.25, 0.3) is 10.9 Å². The largest absolute Gasteiger partial charge is 0.492 e. The van der Waals surface area contributed by atoms with Crippen molar-refractivity contribution < 1.29 is 13.9 Å². The number of likely N-dealkylation sites (N-methyl/N-ethyl adjacent to an activating group) is 1. The molecular formula is C24H32FN7O4. The number of methoxy groups -OCH3 is 1. The fourth-order valence-electron chi connectivity index (χ4n) is 5.22. The van der Waals surface area contributed by atoms with Gasteiger partial charge < -0.3 is 25.7 Å². The van der Waals surface area contributed by atoms with Crippen LogP contribution < -0.4 is 32.0 Å². The Morgan fingerprint density at radius 1 is 1.39 bits per heavy atom. The predicted octanol–water partition coefficient (Wildman–Crippen LogP) is 0.536. The van der Waals surface area contributed by atoms with E-state index < -0.39 is 17.1 Å². The molecule has 3 N–H and O–H groups in total. The third kappa shape index (κ3) is 4.63. The monoisotopic (exact) mass is 501 g/mol. The van der Waals surface area contributed by atoms with Crippen LogP contribution in [0.5, 0.6) is 5.75 Å². The van der Waals surface area contributed by atoms with Crippen LogP contribution in [-0.2, 0) is 4.79 Å². The summed E-state index contributed by atoms with van der Waals surface area (Å²) < 4.78 is 23.2. The molecule has 1 aromatic carbocycles. The van der Waals surface area contributed by atoms with Gasteiger partial charge in [0.25, 0.3) is 5.56 Å². The number of rotatable bonds is 9. The van der Waals surface area contributed by atoms with Crippen LogP contribution in [0.3, 0.4) is 0 Å². The number of aromatic nitrogens is 2. The number of carbonyl (C=O) groups excluding carboxylic acids is 1. The fraction of sp³-hybridized carbons (Fsp3) is 0.583. The molecule has 2 atom stereocenters. The molecule has 1 aliphatic heterocycles. The second-order valence-electron chi connectivity index (χ2n) is 9.58. The minimum Gasteiger partial charge on any atom is -0.492 e. The van der Waals surface area contributed by atoms with E-state index >= 15 is 4.39 Å². The number of nitrogens with zero attached hydrogens (tertiary/aromatic N) is 5. The number of anilines is 1. The highest BCUT2D eigenvalue weighted by Gasteiger charge is 2.36. The van der Waals surface area contributed by atoms with E-state index in [0.29, 0.717) is 37.3 Å². The highest BCUT2D eigenvalue weighted by atomic mass is 19.1. The zero-order valence-corrected chi connectivity index (χ0v) is 20.8. The summed E-state index contributed by atoms with van der Waals surface area (Å²) in [5.74, 6) is 5.16. The molecule has 4 rings (SSSR count). The van der Waals surface area contributed by atoms with Crippen molar-refractivity contribution >= 4 is 22.5 Å². The van der Waals surface area contributed by atoms with E-state index in [9.17, 15) is 14.4 Å². The Morgan fingerprint density at radius 3 is 2.72 bits per heavy atom. The fourth-order valence-corrected chi connectivity index (χ4v) is 5.22. The third-order valence-electron chi connectivity index (χ3n) is 7.19. The van der Waals surface area contributed by atoms with Crippen molar-refractivity contribution in [2.45, 2.75) is 44.7 Å². The smallest absolute Gasteiger partial charge is 0.350 e. The molecule has 194 valence electrons. The number of ether oxygens (including phenoxy) is 1. The van der Waals surface area contributed by atoms with Gasteiger partial charge in [0.1, 0.15) is 11.2 Å². The maximum absolute atomic E-state index is 15.6. The number of carbonyl (C=O) groups is 1. The summed E-state index contributed by atoms with van der Waals surface area (Å²) in [7, 11) is 3.31. The van der Waals surface area contributed by atoms with E-state index in [-0.39, 0.29) is 46.2 Å². The van der Waals surface area contributed by atoms with Crippen LogP contribution in [0.4, 0.5) is 10.1 Å². The highest BCUT2D eigenvalue weighted by Crippen LogP contribution is 2.43. The molecule has 2 heterocycles. The summed E-state index contributed by atoms with van der Waals surface area (Å²) in [5.41, 5.74) is -0.963. The van der Waals surface area contributed by atoms with E-state index in [1.54, 1.807) is 0 Å². The number of hydrogen-bond donors (Lipinski definition) is 2. The van der Waals surface area contributed by atoms with Crippen LogP contribution in [0.2, 0.25) is 0 Å². The van der Waals surface area contributed by atoms with Gasteiger partial charge in [0.2, 0.25) is 5.91 Å². The number of nitriles is 1. The molecule has 12 heteroatoms. The second kappa shape index (κ2) is 10.2. The van der Waals surface area contributed by atoms with E-state index in [1.165, 1.54) is 18.6 Å². The predicted molar refractivity (Wildman–Crippen MR) is 133 cm³/mol. The summed E-state index contributed by atoms with van der Waals surface area (Å²) in [6.07, 6.45) is 2.60. The molecule has 1 aliphatic carbocycles. The Kier molecular flexibility index (Phi) is 7.21. The van der Waals surface area contributed by atoms with E-state index in [2.05, 4.69) is 16.3 Å². The molecule has 1 saturated carbocycles. The Bertz CT molecular complexity index is 1330. The van der Waals surface area contributed by atoms with Crippen LogP contribution in [0.1, 0.15) is 38.6 Å². The van der Waals surface area contributed by atoms with E-state index in [4.69, 9.17) is 15.8 Å². The van der Waals surface area contributed by atoms with Crippen molar-refractivity contribution in [3.63, 3.8) is 0 Å². The van der Waals surface area contributed by atoms with Gasteiger partial charge in [0.15, 0.2) is 11.6 Å². The number of benzene rings is 1. The van der Waals surface area contributed by atoms with Crippen LogP contribution in [-0.4, -0.2) is 66.4 Å². The number of nitrogen functional groups attached to an aromatic ring is 1. The lowest BCUT2D eigenvalue weighted by atomic mass is 9.97. The van der Waals surface area contributed by atoms with Gasteiger partial charge in [0.05, 0.1) is 18.6 Å². The van der Waals surface area contributed by atoms with Gasteiger partial charge in [-0.25, -0.2) is 9.18 Å². The van der Waals surface area contributed by atoms with Crippen LogP contribution in [0, 0.1) is 23.1 Å². The number of hydrogen-bond acceptors (Lipinski definition) is 8. The molecule has 1 aromatic heterocycles. The topological polar surface area (TPSA) is 139 Å². The number of nitrogens with two attached hydrogens (primary N) is 1. The molecule has 0 radical (unpaired) electrons. The van der Waals surface area contributed by atoms with Crippen molar-refractivity contribution in [1.29, 1.82) is 5.26 Å². The lowest BCUT2D eigenvalue weighted by Crippen LogP contribution is -2.47. The Labute approximate surface area is 207 Å². The summed E-state index contributed by atoms with van der Waals surface area (Å²) in [6.45, 7) is 3.40. The minimum atomic E-state index is -0.774. The van der Waals surface area contributed by atoms with Crippen LogP contribution >= 0.6 is 0 Å².